The van der Waals surface area contributed by atoms with Crippen LogP contribution in [0.4, 0.5) is 0 Å². The Labute approximate surface area is 222 Å². The van der Waals surface area contributed by atoms with E-state index in [-0.39, 0.29) is 11.7 Å². The van der Waals surface area contributed by atoms with E-state index in [1.54, 1.807) is 29.4 Å². The van der Waals surface area contributed by atoms with E-state index in [1.807, 2.05) is 61.5 Å². The second-order valence-corrected chi connectivity index (χ2v) is 9.85. The van der Waals surface area contributed by atoms with Crippen LogP contribution < -0.4 is 4.74 Å². The molecule has 0 radical (unpaired) electrons. The average Bonchev–Trinajstić information content (AvgIpc) is 3.40. The molecule has 4 aromatic rings. The fourth-order valence-corrected chi connectivity index (χ4v) is 4.76. The summed E-state index contributed by atoms with van der Waals surface area (Å²) in [4.78, 5) is 34.6. The number of H-pyrrole nitrogens is 1. The van der Waals surface area contributed by atoms with E-state index in [2.05, 4.69) is 9.97 Å². The van der Waals surface area contributed by atoms with Gasteiger partial charge in [0.1, 0.15) is 17.3 Å². The maximum atomic E-state index is 12.8. The number of aliphatic hydroxyl groups excluding tert-OH is 1. The Morgan fingerprint density at radius 1 is 1.03 bits per heavy atom. The molecule has 0 bridgehead atoms. The van der Waals surface area contributed by atoms with E-state index in [0.717, 1.165) is 29.5 Å². The SMILES string of the molecule is Cc1cccc(CC(=O)Cc2ccc(Oc3ccnc(-c4cc(C(=O)N5CCC[C@@H](O)C5)c[nH]4)c3)cc2)c1. The van der Waals surface area contributed by atoms with Crippen molar-refractivity contribution in [1.82, 2.24) is 14.9 Å². The third-order valence-electron chi connectivity index (χ3n) is 6.67. The van der Waals surface area contributed by atoms with Crippen molar-refractivity contribution < 1.29 is 19.4 Å². The summed E-state index contributed by atoms with van der Waals surface area (Å²) in [5, 5.41) is 9.89. The maximum absolute atomic E-state index is 12.8. The predicted octanol–water partition coefficient (Wildman–Crippen LogP) is 5.13. The average molecular weight is 510 g/mol. The lowest BCUT2D eigenvalue weighted by atomic mass is 10.0. The largest absolute Gasteiger partial charge is 0.457 e. The first-order chi connectivity index (χ1) is 18.4. The number of hydrogen-bond donors (Lipinski definition) is 2. The summed E-state index contributed by atoms with van der Waals surface area (Å²) in [5.41, 5.74) is 5.02. The van der Waals surface area contributed by atoms with Gasteiger partial charge >= 0.3 is 0 Å². The number of piperidine rings is 1. The summed E-state index contributed by atoms with van der Waals surface area (Å²) >= 11 is 0. The van der Waals surface area contributed by atoms with Gasteiger partial charge in [0, 0.05) is 44.4 Å². The number of pyridine rings is 1. The molecule has 0 aliphatic carbocycles. The van der Waals surface area contributed by atoms with Crippen LogP contribution in [0.2, 0.25) is 0 Å². The summed E-state index contributed by atoms with van der Waals surface area (Å²) < 4.78 is 6.03. The molecule has 5 rings (SSSR count). The number of aromatic amines is 1. The van der Waals surface area contributed by atoms with Crippen molar-refractivity contribution in [3.05, 3.63) is 101 Å². The first-order valence-corrected chi connectivity index (χ1v) is 12.9. The molecule has 2 aromatic carbocycles. The molecular weight excluding hydrogens is 478 g/mol. The van der Waals surface area contributed by atoms with Gasteiger partial charge in [0.2, 0.25) is 0 Å². The van der Waals surface area contributed by atoms with Crippen molar-refractivity contribution >= 4 is 11.7 Å². The van der Waals surface area contributed by atoms with Crippen LogP contribution in [-0.4, -0.2) is 50.9 Å². The molecule has 0 unspecified atom stereocenters. The van der Waals surface area contributed by atoms with Crippen LogP contribution in [0.25, 0.3) is 11.4 Å². The number of Topliss-reactive ketones (excluding diaryl/α,β-unsaturated/α-hetero) is 1. The highest BCUT2D eigenvalue weighted by Gasteiger charge is 2.24. The monoisotopic (exact) mass is 509 g/mol. The summed E-state index contributed by atoms with van der Waals surface area (Å²) in [6.07, 6.45) is 5.20. The van der Waals surface area contributed by atoms with Gasteiger partial charge in [0.25, 0.3) is 5.91 Å². The molecule has 194 valence electrons. The maximum Gasteiger partial charge on any atom is 0.255 e. The number of nitrogens with zero attached hydrogens (tertiary/aromatic N) is 2. The summed E-state index contributed by atoms with van der Waals surface area (Å²) in [6.45, 7) is 3.04. The molecule has 2 aromatic heterocycles. The molecule has 0 saturated carbocycles. The number of carbonyl (C=O) groups is 2. The first kappa shape index (κ1) is 25.4. The minimum absolute atomic E-state index is 0.101. The molecule has 2 N–H and O–H groups in total. The van der Waals surface area contributed by atoms with E-state index in [4.69, 9.17) is 4.74 Å². The lowest BCUT2D eigenvalue weighted by Crippen LogP contribution is -2.42. The number of carbonyl (C=O) groups excluding carboxylic acids is 2. The van der Waals surface area contributed by atoms with Crippen LogP contribution >= 0.6 is 0 Å². The van der Waals surface area contributed by atoms with Crippen molar-refractivity contribution in [3.8, 4) is 22.9 Å². The zero-order valence-electron chi connectivity index (χ0n) is 21.4. The molecule has 1 saturated heterocycles. The molecule has 1 aliphatic heterocycles. The number of β-amino-alcohol motifs (C(OH)–C–C–N with tert-alkyl or cyclic N) is 1. The first-order valence-electron chi connectivity index (χ1n) is 12.9. The topological polar surface area (TPSA) is 95.5 Å². The Kier molecular flexibility index (Phi) is 7.65. The van der Waals surface area contributed by atoms with Crippen LogP contribution in [0.3, 0.4) is 0 Å². The highest BCUT2D eigenvalue weighted by atomic mass is 16.5. The fraction of sp³-hybridized carbons (Fsp3) is 0.258. The van der Waals surface area contributed by atoms with E-state index >= 15 is 0 Å². The smallest absolute Gasteiger partial charge is 0.255 e. The molecule has 1 atom stereocenters. The number of nitrogens with one attached hydrogen (secondary N) is 1. The normalized spacial score (nSPS) is 15.3. The van der Waals surface area contributed by atoms with Gasteiger partial charge < -0.3 is 19.7 Å². The van der Waals surface area contributed by atoms with Crippen LogP contribution in [-0.2, 0) is 17.6 Å². The molecule has 1 aliphatic rings. The van der Waals surface area contributed by atoms with Crippen molar-refractivity contribution in [2.45, 2.75) is 38.7 Å². The molecule has 3 heterocycles. The lowest BCUT2D eigenvalue weighted by molar-refractivity contribution is -0.117. The van der Waals surface area contributed by atoms with Crippen molar-refractivity contribution in [3.63, 3.8) is 0 Å². The van der Waals surface area contributed by atoms with E-state index in [9.17, 15) is 14.7 Å². The third-order valence-corrected chi connectivity index (χ3v) is 6.67. The Morgan fingerprint density at radius 2 is 1.84 bits per heavy atom. The number of ether oxygens (including phenoxy) is 1. The second kappa shape index (κ2) is 11.4. The predicted molar refractivity (Wildman–Crippen MR) is 145 cm³/mol. The van der Waals surface area contributed by atoms with Gasteiger partial charge in [-0.05, 0) is 55.2 Å². The molecule has 7 heteroatoms. The Balaban J connectivity index is 1.20. The van der Waals surface area contributed by atoms with Gasteiger partial charge in [-0.15, -0.1) is 0 Å². The van der Waals surface area contributed by atoms with Gasteiger partial charge in [-0.3, -0.25) is 14.6 Å². The van der Waals surface area contributed by atoms with Gasteiger partial charge in [-0.25, -0.2) is 0 Å². The number of rotatable bonds is 8. The molecule has 38 heavy (non-hydrogen) atoms. The van der Waals surface area contributed by atoms with Crippen LogP contribution in [0.5, 0.6) is 11.5 Å². The number of likely N-dealkylation sites (tertiary alicyclic amines) is 1. The highest BCUT2D eigenvalue weighted by Crippen LogP contribution is 2.26. The van der Waals surface area contributed by atoms with Crippen molar-refractivity contribution in [2.75, 3.05) is 13.1 Å². The molecular formula is C31H31N3O4. The second-order valence-electron chi connectivity index (χ2n) is 9.85. The van der Waals surface area contributed by atoms with Crippen LogP contribution in [0, 0.1) is 6.92 Å². The van der Waals surface area contributed by atoms with E-state index < -0.39 is 6.10 Å². The summed E-state index contributed by atoms with van der Waals surface area (Å²) in [7, 11) is 0. The minimum atomic E-state index is -0.463. The van der Waals surface area contributed by atoms with Crippen molar-refractivity contribution in [1.29, 1.82) is 0 Å². The summed E-state index contributed by atoms with van der Waals surface area (Å²) in [6, 6.07) is 20.9. The quantitative estimate of drug-likeness (QED) is 0.343. The number of amides is 1. The van der Waals surface area contributed by atoms with Crippen LogP contribution in [0.1, 0.15) is 39.9 Å². The van der Waals surface area contributed by atoms with E-state index in [1.165, 1.54) is 0 Å². The molecule has 0 spiro atoms. The van der Waals surface area contributed by atoms with Gasteiger partial charge in [0.15, 0.2) is 0 Å². The molecule has 1 fully saturated rings. The Bertz CT molecular complexity index is 1430. The highest BCUT2D eigenvalue weighted by molar-refractivity contribution is 5.95. The third kappa shape index (κ3) is 6.36. The number of aryl methyl sites for hydroxylation is 1. The number of aromatic nitrogens is 2. The zero-order chi connectivity index (χ0) is 26.5. The number of benzene rings is 2. The van der Waals surface area contributed by atoms with Gasteiger partial charge in [-0.1, -0.05) is 42.0 Å². The van der Waals surface area contributed by atoms with Gasteiger partial charge in [-0.2, -0.15) is 0 Å². The summed E-state index contributed by atoms with van der Waals surface area (Å²) in [5.74, 6) is 1.34. The van der Waals surface area contributed by atoms with E-state index in [0.29, 0.717) is 54.4 Å². The molecule has 7 nitrogen and oxygen atoms in total. The minimum Gasteiger partial charge on any atom is -0.457 e. The zero-order valence-corrected chi connectivity index (χ0v) is 21.4. The van der Waals surface area contributed by atoms with Gasteiger partial charge in [0.05, 0.1) is 23.1 Å². The Hall–Kier alpha value is -4.23. The van der Waals surface area contributed by atoms with Crippen LogP contribution in [0.15, 0.2) is 79.1 Å². The number of hydrogen-bond acceptors (Lipinski definition) is 5. The number of aliphatic hydroxyl groups is 1. The molecule has 1 amide bonds. The fourth-order valence-electron chi connectivity index (χ4n) is 4.76. The lowest BCUT2D eigenvalue weighted by Gasteiger charge is -2.29. The standard InChI is InChI=1S/C31H31N3O4/c1-21-4-2-5-23(14-21)16-26(36)15-22-7-9-27(10-8-22)38-28-11-12-32-30(18-28)29-17-24(19-33-29)31(37)34-13-3-6-25(35)20-34/h2,4-5,7-12,14,17-19,25,33,35H,3,6,13,15-16,20H2,1H3/t25-/m1/s1. The van der Waals surface area contributed by atoms with Crippen molar-refractivity contribution in [2.24, 2.45) is 0 Å². The Morgan fingerprint density at radius 3 is 2.63 bits per heavy atom. The number of ketones is 1.